The third-order valence-corrected chi connectivity index (χ3v) is 4.00. The van der Waals surface area contributed by atoms with E-state index in [0.29, 0.717) is 0 Å². The van der Waals surface area contributed by atoms with Gasteiger partial charge in [0.25, 0.3) is 5.82 Å². The summed E-state index contributed by atoms with van der Waals surface area (Å²) in [4.78, 5) is 5.63. The van der Waals surface area contributed by atoms with Crippen molar-refractivity contribution in [2.45, 2.75) is 0 Å². The summed E-state index contributed by atoms with van der Waals surface area (Å²) in [6.07, 6.45) is 3.89. The number of aromatic amines is 1. The molecular formula is C16H18BrN4+. The first-order chi connectivity index (χ1) is 10.3. The number of rotatable bonds is 3. The molecule has 1 aromatic carbocycles. The van der Waals surface area contributed by atoms with Crippen LogP contribution in [-0.2, 0) is 0 Å². The number of hydrazone groups is 1. The molecule has 1 aliphatic heterocycles. The molecule has 1 aromatic heterocycles. The predicted molar refractivity (Wildman–Crippen MR) is 88.5 cm³/mol. The third-order valence-electron chi connectivity index (χ3n) is 3.51. The van der Waals surface area contributed by atoms with Crippen molar-refractivity contribution in [3.05, 3.63) is 58.7 Å². The SMILES string of the molecule is Brc1cccc(/C=N/N2CCN(c3cccc[nH+]3)CC2)c1. The minimum Gasteiger partial charge on any atom is -0.289 e. The van der Waals surface area contributed by atoms with Crippen LogP contribution in [0, 0.1) is 0 Å². The molecular weight excluding hydrogens is 328 g/mol. The summed E-state index contributed by atoms with van der Waals surface area (Å²) in [5, 5.41) is 6.70. The van der Waals surface area contributed by atoms with Gasteiger partial charge in [-0.2, -0.15) is 5.10 Å². The van der Waals surface area contributed by atoms with Gasteiger partial charge in [-0.05, 0) is 23.8 Å². The van der Waals surface area contributed by atoms with Crippen molar-refractivity contribution in [1.29, 1.82) is 0 Å². The Hall–Kier alpha value is -1.88. The quantitative estimate of drug-likeness (QED) is 0.800. The minimum absolute atomic E-state index is 0.938. The molecule has 4 nitrogen and oxygen atoms in total. The normalized spacial score (nSPS) is 15.7. The second-order valence-electron chi connectivity index (χ2n) is 4.99. The van der Waals surface area contributed by atoms with Crippen molar-refractivity contribution in [2.75, 3.05) is 31.1 Å². The van der Waals surface area contributed by atoms with Crippen molar-refractivity contribution in [3.8, 4) is 0 Å². The van der Waals surface area contributed by atoms with Crippen LogP contribution in [0.5, 0.6) is 0 Å². The number of benzene rings is 1. The monoisotopic (exact) mass is 345 g/mol. The van der Waals surface area contributed by atoms with Gasteiger partial charge in [0, 0.05) is 10.5 Å². The maximum atomic E-state index is 4.57. The predicted octanol–water partition coefficient (Wildman–Crippen LogP) is 2.42. The first kappa shape index (κ1) is 14.1. The zero-order valence-corrected chi connectivity index (χ0v) is 13.3. The maximum absolute atomic E-state index is 4.57. The molecule has 21 heavy (non-hydrogen) atoms. The zero-order chi connectivity index (χ0) is 14.5. The molecule has 0 saturated carbocycles. The Morgan fingerprint density at radius 1 is 1.05 bits per heavy atom. The van der Waals surface area contributed by atoms with Crippen molar-refractivity contribution in [2.24, 2.45) is 5.10 Å². The molecule has 0 atom stereocenters. The van der Waals surface area contributed by atoms with E-state index in [9.17, 15) is 0 Å². The van der Waals surface area contributed by atoms with Gasteiger partial charge in [0.15, 0.2) is 0 Å². The number of nitrogens with zero attached hydrogens (tertiary/aromatic N) is 3. The molecule has 0 unspecified atom stereocenters. The fourth-order valence-electron chi connectivity index (χ4n) is 2.37. The highest BCUT2D eigenvalue weighted by Crippen LogP contribution is 2.12. The Kier molecular flexibility index (Phi) is 4.50. The summed E-state index contributed by atoms with van der Waals surface area (Å²) in [5.74, 6) is 1.17. The number of H-pyrrole nitrogens is 1. The van der Waals surface area contributed by atoms with Crippen LogP contribution in [0.2, 0.25) is 0 Å². The van der Waals surface area contributed by atoms with E-state index in [1.165, 1.54) is 5.82 Å². The lowest BCUT2D eigenvalue weighted by molar-refractivity contribution is -0.364. The number of piperazine rings is 1. The Morgan fingerprint density at radius 3 is 2.62 bits per heavy atom. The number of hydrogen-bond donors (Lipinski definition) is 0. The zero-order valence-electron chi connectivity index (χ0n) is 11.7. The average Bonchev–Trinajstić information content (AvgIpc) is 2.54. The number of pyridine rings is 1. The van der Waals surface area contributed by atoms with Crippen LogP contribution in [0.15, 0.2) is 58.2 Å². The Labute approximate surface area is 133 Å². The van der Waals surface area contributed by atoms with Gasteiger partial charge in [0.05, 0.1) is 25.5 Å². The molecule has 1 aliphatic rings. The van der Waals surface area contributed by atoms with E-state index in [4.69, 9.17) is 0 Å². The summed E-state index contributed by atoms with van der Waals surface area (Å²) in [5.41, 5.74) is 1.11. The van der Waals surface area contributed by atoms with Gasteiger partial charge >= 0.3 is 0 Å². The van der Waals surface area contributed by atoms with Crippen LogP contribution in [0.25, 0.3) is 0 Å². The number of nitrogens with one attached hydrogen (secondary N) is 1. The lowest BCUT2D eigenvalue weighted by Gasteiger charge is -2.28. The van der Waals surface area contributed by atoms with Crippen molar-refractivity contribution in [1.82, 2.24) is 5.01 Å². The van der Waals surface area contributed by atoms with Crippen LogP contribution in [-0.4, -0.2) is 37.4 Å². The fourth-order valence-corrected chi connectivity index (χ4v) is 2.78. The van der Waals surface area contributed by atoms with Gasteiger partial charge < -0.3 is 0 Å². The van der Waals surface area contributed by atoms with Crippen LogP contribution >= 0.6 is 15.9 Å². The molecule has 2 aromatic rings. The van der Waals surface area contributed by atoms with E-state index in [0.717, 1.165) is 36.2 Å². The molecule has 1 N–H and O–H groups in total. The minimum atomic E-state index is 0.938. The van der Waals surface area contributed by atoms with E-state index >= 15 is 0 Å². The molecule has 1 fully saturated rings. The van der Waals surface area contributed by atoms with Crippen LogP contribution in [0.3, 0.4) is 0 Å². The van der Waals surface area contributed by atoms with Crippen molar-refractivity contribution in [3.63, 3.8) is 0 Å². The second kappa shape index (κ2) is 6.72. The summed E-state index contributed by atoms with van der Waals surface area (Å²) in [7, 11) is 0. The van der Waals surface area contributed by atoms with Crippen molar-refractivity contribution >= 4 is 28.0 Å². The molecule has 0 radical (unpaired) electrons. The topological polar surface area (TPSA) is 33.0 Å². The molecule has 3 rings (SSSR count). The number of aromatic nitrogens is 1. The van der Waals surface area contributed by atoms with Crippen LogP contribution in [0.4, 0.5) is 5.82 Å². The van der Waals surface area contributed by atoms with Gasteiger partial charge in [0.1, 0.15) is 13.1 Å². The molecule has 0 spiro atoms. The lowest BCUT2D eigenvalue weighted by atomic mass is 10.2. The molecule has 1 saturated heterocycles. The van der Waals surface area contributed by atoms with Gasteiger partial charge in [-0.25, -0.2) is 4.98 Å². The Morgan fingerprint density at radius 2 is 1.90 bits per heavy atom. The van der Waals surface area contributed by atoms with E-state index in [2.05, 4.69) is 60.2 Å². The Bertz CT molecular complexity index is 607. The summed E-state index contributed by atoms with van der Waals surface area (Å²) >= 11 is 3.48. The highest BCUT2D eigenvalue weighted by Gasteiger charge is 2.21. The van der Waals surface area contributed by atoms with E-state index in [-0.39, 0.29) is 0 Å². The highest BCUT2D eigenvalue weighted by atomic mass is 79.9. The molecule has 0 aliphatic carbocycles. The first-order valence-corrected chi connectivity index (χ1v) is 7.87. The number of hydrogen-bond acceptors (Lipinski definition) is 3. The molecule has 0 bridgehead atoms. The van der Waals surface area contributed by atoms with Gasteiger partial charge in [-0.1, -0.05) is 34.1 Å². The van der Waals surface area contributed by atoms with E-state index < -0.39 is 0 Å². The van der Waals surface area contributed by atoms with E-state index in [1.807, 2.05) is 30.6 Å². The van der Waals surface area contributed by atoms with Gasteiger partial charge in [0.2, 0.25) is 0 Å². The fraction of sp³-hybridized carbons (Fsp3) is 0.250. The third kappa shape index (κ3) is 3.82. The Balaban J connectivity index is 1.56. The first-order valence-electron chi connectivity index (χ1n) is 7.07. The lowest BCUT2D eigenvalue weighted by Crippen LogP contribution is -2.45. The largest absolute Gasteiger partial charge is 0.289 e. The van der Waals surface area contributed by atoms with Crippen LogP contribution in [0.1, 0.15) is 5.56 Å². The van der Waals surface area contributed by atoms with Crippen molar-refractivity contribution < 1.29 is 4.98 Å². The molecule has 108 valence electrons. The summed E-state index contributed by atoms with van der Waals surface area (Å²) in [6.45, 7) is 3.84. The molecule has 2 heterocycles. The van der Waals surface area contributed by atoms with Crippen LogP contribution < -0.4 is 9.88 Å². The van der Waals surface area contributed by atoms with Gasteiger partial charge in [-0.3, -0.25) is 9.91 Å². The molecule has 5 heteroatoms. The standard InChI is InChI=1S/C16H17BrN4/c17-15-5-3-4-14(12-15)13-19-21-10-8-20(9-11-21)16-6-1-2-7-18-16/h1-7,12-13H,8-11H2/p+1/b19-13+. The average molecular weight is 346 g/mol. The maximum Gasteiger partial charge on any atom is 0.274 e. The summed E-state index contributed by atoms with van der Waals surface area (Å²) < 4.78 is 1.08. The van der Waals surface area contributed by atoms with Gasteiger partial charge in [-0.15, -0.1) is 0 Å². The second-order valence-corrected chi connectivity index (χ2v) is 5.90. The molecule has 0 amide bonds. The number of halogens is 1. The van der Waals surface area contributed by atoms with E-state index in [1.54, 1.807) is 0 Å². The smallest absolute Gasteiger partial charge is 0.274 e. The summed E-state index contributed by atoms with van der Waals surface area (Å²) in [6, 6.07) is 14.3. The number of anilines is 1. The highest BCUT2D eigenvalue weighted by molar-refractivity contribution is 9.10.